The highest BCUT2D eigenvalue weighted by Gasteiger charge is 1.92. The Morgan fingerprint density at radius 2 is 1.40 bits per heavy atom. The molecule has 20 heavy (non-hydrogen) atoms. The van der Waals surface area contributed by atoms with Crippen LogP contribution in [-0.2, 0) is 4.79 Å². The predicted octanol–water partition coefficient (Wildman–Crippen LogP) is 3.53. The number of hydrogen-bond acceptors (Lipinski definition) is 1. The van der Waals surface area contributed by atoms with E-state index in [0.717, 1.165) is 11.1 Å². The lowest BCUT2D eigenvalue weighted by molar-refractivity contribution is -0.116. The average molecular weight is 263 g/mol. The van der Waals surface area contributed by atoms with Gasteiger partial charge in [-0.25, -0.2) is 0 Å². The Balaban J connectivity index is 1.76. The monoisotopic (exact) mass is 263 g/mol. The largest absolute Gasteiger partial charge is 0.349 e. The first-order chi connectivity index (χ1) is 9.84. The molecule has 0 bridgehead atoms. The number of carbonyl (C=O) groups excluding carboxylic acids is 1. The van der Waals surface area contributed by atoms with Crippen LogP contribution in [0.15, 0.2) is 72.8 Å². The summed E-state index contributed by atoms with van der Waals surface area (Å²) in [6.45, 7) is 0.521. The summed E-state index contributed by atoms with van der Waals surface area (Å²) < 4.78 is 0. The fraction of sp³-hybridized carbons (Fsp3) is 0.0556. The third kappa shape index (κ3) is 4.94. The summed E-state index contributed by atoms with van der Waals surface area (Å²) in [4.78, 5) is 11.6. The van der Waals surface area contributed by atoms with Gasteiger partial charge in [-0.2, -0.15) is 0 Å². The van der Waals surface area contributed by atoms with Gasteiger partial charge in [-0.3, -0.25) is 4.79 Å². The Morgan fingerprint density at radius 1 is 0.850 bits per heavy atom. The molecule has 2 aromatic carbocycles. The highest BCUT2D eigenvalue weighted by atomic mass is 16.1. The molecule has 2 aromatic rings. The molecule has 2 heteroatoms. The van der Waals surface area contributed by atoms with Crippen molar-refractivity contribution in [1.82, 2.24) is 5.32 Å². The second kappa shape index (κ2) is 7.74. The smallest absolute Gasteiger partial charge is 0.244 e. The fourth-order valence-electron chi connectivity index (χ4n) is 1.71. The van der Waals surface area contributed by atoms with Gasteiger partial charge in [0.05, 0.1) is 0 Å². The SMILES string of the molecule is O=C(/C=C/c1ccccc1)NC/C=C\c1ccccc1. The second-order valence-electron chi connectivity index (χ2n) is 4.30. The van der Waals surface area contributed by atoms with Crippen LogP contribution in [0.1, 0.15) is 11.1 Å². The molecule has 0 unspecified atom stereocenters. The minimum absolute atomic E-state index is 0.0911. The summed E-state index contributed by atoms with van der Waals surface area (Å²) in [5.41, 5.74) is 2.14. The van der Waals surface area contributed by atoms with Crippen molar-refractivity contribution in [1.29, 1.82) is 0 Å². The van der Waals surface area contributed by atoms with E-state index in [9.17, 15) is 4.79 Å². The Bertz CT molecular complexity index is 585. The van der Waals surface area contributed by atoms with Crippen molar-refractivity contribution >= 4 is 18.1 Å². The number of benzene rings is 2. The number of nitrogens with one attached hydrogen (secondary N) is 1. The van der Waals surface area contributed by atoms with Gasteiger partial charge in [-0.1, -0.05) is 72.8 Å². The molecule has 0 spiro atoms. The summed E-state index contributed by atoms with van der Waals surface area (Å²) in [7, 11) is 0. The number of hydrogen-bond donors (Lipinski definition) is 1. The molecule has 0 saturated heterocycles. The number of carbonyl (C=O) groups is 1. The van der Waals surface area contributed by atoms with E-state index < -0.39 is 0 Å². The molecule has 1 N–H and O–H groups in total. The molecule has 0 atom stereocenters. The fourth-order valence-corrected chi connectivity index (χ4v) is 1.71. The number of rotatable bonds is 5. The van der Waals surface area contributed by atoms with E-state index in [1.165, 1.54) is 0 Å². The van der Waals surface area contributed by atoms with E-state index in [-0.39, 0.29) is 5.91 Å². The molecule has 0 radical (unpaired) electrons. The maximum Gasteiger partial charge on any atom is 0.244 e. The van der Waals surface area contributed by atoms with Crippen molar-refractivity contribution in [3.8, 4) is 0 Å². The lowest BCUT2D eigenvalue weighted by Gasteiger charge is -1.97. The molecule has 100 valence electrons. The molecule has 0 aliphatic heterocycles. The van der Waals surface area contributed by atoms with Crippen molar-refractivity contribution in [3.05, 3.63) is 83.9 Å². The van der Waals surface area contributed by atoms with Crippen molar-refractivity contribution in [2.75, 3.05) is 6.54 Å². The van der Waals surface area contributed by atoms with Crippen LogP contribution in [0.3, 0.4) is 0 Å². The maximum absolute atomic E-state index is 11.6. The third-order valence-electron chi connectivity index (χ3n) is 2.73. The minimum atomic E-state index is -0.0911. The lowest BCUT2D eigenvalue weighted by Crippen LogP contribution is -2.20. The highest BCUT2D eigenvalue weighted by Crippen LogP contribution is 2.01. The van der Waals surface area contributed by atoms with Crippen LogP contribution in [-0.4, -0.2) is 12.5 Å². The molecule has 2 nitrogen and oxygen atoms in total. The molecule has 0 aromatic heterocycles. The molecule has 0 saturated carbocycles. The van der Waals surface area contributed by atoms with Crippen LogP contribution in [0, 0.1) is 0 Å². The van der Waals surface area contributed by atoms with Gasteiger partial charge in [-0.05, 0) is 17.2 Å². The van der Waals surface area contributed by atoms with Crippen LogP contribution in [0.2, 0.25) is 0 Å². The Morgan fingerprint density at radius 3 is 2.00 bits per heavy atom. The lowest BCUT2D eigenvalue weighted by atomic mass is 10.2. The summed E-state index contributed by atoms with van der Waals surface area (Å²) in [5.74, 6) is -0.0911. The van der Waals surface area contributed by atoms with E-state index in [1.807, 2.05) is 72.8 Å². The van der Waals surface area contributed by atoms with Gasteiger partial charge in [0.15, 0.2) is 0 Å². The van der Waals surface area contributed by atoms with Crippen LogP contribution < -0.4 is 5.32 Å². The zero-order valence-electron chi connectivity index (χ0n) is 11.2. The molecule has 2 rings (SSSR count). The van der Waals surface area contributed by atoms with Crippen LogP contribution in [0.4, 0.5) is 0 Å². The van der Waals surface area contributed by atoms with E-state index >= 15 is 0 Å². The van der Waals surface area contributed by atoms with Crippen molar-refractivity contribution < 1.29 is 4.79 Å². The van der Waals surface area contributed by atoms with Crippen LogP contribution in [0.25, 0.3) is 12.2 Å². The molecule has 0 aliphatic carbocycles. The molecule has 0 heterocycles. The van der Waals surface area contributed by atoms with Gasteiger partial charge < -0.3 is 5.32 Å². The van der Waals surface area contributed by atoms with E-state index in [0.29, 0.717) is 6.54 Å². The second-order valence-corrected chi connectivity index (χ2v) is 4.30. The Hall–Kier alpha value is -2.61. The maximum atomic E-state index is 11.6. The van der Waals surface area contributed by atoms with E-state index in [2.05, 4.69) is 5.32 Å². The van der Waals surface area contributed by atoms with Crippen molar-refractivity contribution in [3.63, 3.8) is 0 Å². The Labute approximate surface area is 119 Å². The van der Waals surface area contributed by atoms with Gasteiger partial charge in [0, 0.05) is 12.6 Å². The summed E-state index contributed by atoms with van der Waals surface area (Å²) >= 11 is 0. The van der Waals surface area contributed by atoms with E-state index in [4.69, 9.17) is 0 Å². The zero-order chi connectivity index (χ0) is 14.0. The number of amides is 1. The molecule has 1 amide bonds. The first kappa shape index (κ1) is 13.8. The summed E-state index contributed by atoms with van der Waals surface area (Å²) in [5, 5.41) is 2.81. The standard InChI is InChI=1S/C18H17NO/c20-18(14-13-17-10-5-2-6-11-17)19-15-7-12-16-8-3-1-4-9-16/h1-14H,15H2,(H,19,20)/b12-7-,14-13+. The summed E-state index contributed by atoms with van der Waals surface area (Å²) in [6, 6.07) is 19.8. The van der Waals surface area contributed by atoms with E-state index in [1.54, 1.807) is 12.2 Å². The molecule has 0 aliphatic rings. The molecular weight excluding hydrogens is 246 g/mol. The predicted molar refractivity (Wildman–Crippen MR) is 84.0 cm³/mol. The first-order valence-corrected chi connectivity index (χ1v) is 6.57. The summed E-state index contributed by atoms with van der Waals surface area (Å²) in [6.07, 6.45) is 7.27. The Kier molecular flexibility index (Phi) is 5.35. The minimum Gasteiger partial charge on any atom is -0.349 e. The molecular formula is C18H17NO. The quantitative estimate of drug-likeness (QED) is 0.821. The average Bonchev–Trinajstić information content (AvgIpc) is 2.52. The third-order valence-corrected chi connectivity index (χ3v) is 2.73. The van der Waals surface area contributed by atoms with Gasteiger partial charge in [0.25, 0.3) is 0 Å². The first-order valence-electron chi connectivity index (χ1n) is 6.57. The van der Waals surface area contributed by atoms with Crippen LogP contribution >= 0.6 is 0 Å². The normalized spacial score (nSPS) is 11.0. The zero-order valence-corrected chi connectivity index (χ0v) is 11.2. The van der Waals surface area contributed by atoms with Gasteiger partial charge >= 0.3 is 0 Å². The topological polar surface area (TPSA) is 29.1 Å². The highest BCUT2D eigenvalue weighted by molar-refractivity contribution is 5.91. The van der Waals surface area contributed by atoms with Crippen molar-refractivity contribution in [2.45, 2.75) is 0 Å². The van der Waals surface area contributed by atoms with Gasteiger partial charge in [-0.15, -0.1) is 0 Å². The van der Waals surface area contributed by atoms with Crippen LogP contribution in [0.5, 0.6) is 0 Å². The molecule has 0 fully saturated rings. The van der Waals surface area contributed by atoms with Gasteiger partial charge in [0.1, 0.15) is 0 Å². The van der Waals surface area contributed by atoms with Crippen molar-refractivity contribution in [2.24, 2.45) is 0 Å². The van der Waals surface area contributed by atoms with Gasteiger partial charge in [0.2, 0.25) is 5.91 Å².